The Morgan fingerprint density at radius 2 is 2.23 bits per heavy atom. The first-order valence-corrected chi connectivity index (χ1v) is 3.80. The second-order valence-corrected chi connectivity index (χ2v) is 2.48. The van der Waals surface area contributed by atoms with Crippen molar-refractivity contribution >= 4 is 24.2 Å². The molecule has 0 bridgehead atoms. The van der Waals surface area contributed by atoms with E-state index in [1.54, 1.807) is 25.3 Å². The summed E-state index contributed by atoms with van der Waals surface area (Å²) in [6.07, 6.45) is 1.64. The van der Waals surface area contributed by atoms with Gasteiger partial charge in [-0.15, -0.1) is 0 Å². The normalized spacial score (nSPS) is 9.31. The third-order valence-corrected chi connectivity index (χ3v) is 1.82. The molecule has 0 unspecified atom stereocenters. The highest BCUT2D eigenvalue weighted by Gasteiger charge is 2.06. The average Bonchev–Trinajstić information content (AvgIpc) is 2.17. The van der Waals surface area contributed by atoms with E-state index in [0.717, 1.165) is 5.56 Å². The topological polar surface area (TPSA) is 47.6 Å². The number of nitrogens with two attached hydrogens (primary N) is 1. The standard InChI is InChI=1S/C10H12N2O/c1-4-7-8(12-2)5-6-9(13-3)10(7)11/h4-6H,1-2,11H2,3H3. The number of benzene rings is 1. The molecule has 0 aromatic heterocycles. The van der Waals surface area contributed by atoms with Gasteiger partial charge in [0.1, 0.15) is 5.75 Å². The van der Waals surface area contributed by atoms with Crippen LogP contribution < -0.4 is 10.5 Å². The van der Waals surface area contributed by atoms with Gasteiger partial charge in [0, 0.05) is 5.56 Å². The van der Waals surface area contributed by atoms with Gasteiger partial charge in [-0.3, -0.25) is 4.99 Å². The molecule has 2 N–H and O–H groups in total. The van der Waals surface area contributed by atoms with Crippen molar-refractivity contribution in [2.75, 3.05) is 12.8 Å². The van der Waals surface area contributed by atoms with Crippen LogP contribution in [-0.4, -0.2) is 13.8 Å². The molecule has 0 aliphatic carbocycles. The second kappa shape index (κ2) is 3.76. The first-order valence-electron chi connectivity index (χ1n) is 3.80. The molecule has 3 heteroatoms. The van der Waals surface area contributed by atoms with Crippen LogP contribution in [0.15, 0.2) is 23.7 Å². The Morgan fingerprint density at radius 3 is 2.69 bits per heavy atom. The minimum atomic E-state index is 0.544. The number of hydrogen-bond acceptors (Lipinski definition) is 3. The molecule has 0 aliphatic rings. The van der Waals surface area contributed by atoms with Crippen LogP contribution in [-0.2, 0) is 0 Å². The van der Waals surface area contributed by atoms with Crippen LogP contribution in [0.2, 0.25) is 0 Å². The molecule has 0 saturated carbocycles. The van der Waals surface area contributed by atoms with E-state index in [1.807, 2.05) is 0 Å². The number of hydrogen-bond donors (Lipinski definition) is 1. The Hall–Kier alpha value is -1.77. The first kappa shape index (κ1) is 9.32. The van der Waals surface area contributed by atoms with Crippen molar-refractivity contribution in [3.05, 3.63) is 24.3 Å². The average molecular weight is 176 g/mol. The molecule has 1 aromatic rings. The van der Waals surface area contributed by atoms with Crippen LogP contribution in [0.5, 0.6) is 5.75 Å². The molecule has 0 saturated heterocycles. The summed E-state index contributed by atoms with van der Waals surface area (Å²) in [6, 6.07) is 3.55. The number of anilines is 1. The first-order chi connectivity index (χ1) is 6.24. The molecule has 0 atom stereocenters. The van der Waals surface area contributed by atoms with Crippen LogP contribution in [0.25, 0.3) is 6.08 Å². The Morgan fingerprint density at radius 1 is 1.54 bits per heavy atom. The molecule has 1 aromatic carbocycles. The van der Waals surface area contributed by atoms with Crippen LogP contribution >= 0.6 is 0 Å². The maximum atomic E-state index is 5.80. The fourth-order valence-corrected chi connectivity index (χ4v) is 1.14. The van der Waals surface area contributed by atoms with E-state index >= 15 is 0 Å². The Labute approximate surface area is 77.6 Å². The molecule has 0 aliphatic heterocycles. The van der Waals surface area contributed by atoms with Gasteiger partial charge in [-0.2, -0.15) is 0 Å². The molecule has 0 spiro atoms. The highest BCUT2D eigenvalue weighted by atomic mass is 16.5. The van der Waals surface area contributed by atoms with Gasteiger partial charge in [0.15, 0.2) is 0 Å². The van der Waals surface area contributed by atoms with Gasteiger partial charge in [-0.1, -0.05) is 12.7 Å². The van der Waals surface area contributed by atoms with Gasteiger partial charge in [0.25, 0.3) is 0 Å². The van der Waals surface area contributed by atoms with Gasteiger partial charge in [-0.05, 0) is 18.9 Å². The van der Waals surface area contributed by atoms with Crippen LogP contribution in [0.4, 0.5) is 11.4 Å². The lowest BCUT2D eigenvalue weighted by Gasteiger charge is -2.09. The minimum Gasteiger partial charge on any atom is -0.495 e. The van der Waals surface area contributed by atoms with E-state index in [0.29, 0.717) is 17.1 Å². The quantitative estimate of drug-likeness (QED) is 0.567. The molecular formula is C10H12N2O. The molecule has 3 nitrogen and oxygen atoms in total. The summed E-state index contributed by atoms with van der Waals surface area (Å²) in [5, 5.41) is 0. The summed E-state index contributed by atoms with van der Waals surface area (Å²) >= 11 is 0. The highest BCUT2D eigenvalue weighted by Crippen LogP contribution is 2.33. The number of rotatable bonds is 3. The molecule has 13 heavy (non-hydrogen) atoms. The number of nitrogens with zero attached hydrogens (tertiary/aromatic N) is 1. The van der Waals surface area contributed by atoms with E-state index in [9.17, 15) is 0 Å². The number of aliphatic imine (C=N–C) groups is 1. The lowest BCUT2D eigenvalue weighted by atomic mass is 10.1. The van der Waals surface area contributed by atoms with Gasteiger partial charge >= 0.3 is 0 Å². The summed E-state index contributed by atoms with van der Waals surface area (Å²) in [6.45, 7) is 7.09. The zero-order valence-corrected chi connectivity index (χ0v) is 7.58. The Bertz CT molecular complexity index is 345. The maximum absolute atomic E-state index is 5.80. The molecular weight excluding hydrogens is 164 g/mol. The lowest BCUT2D eigenvalue weighted by molar-refractivity contribution is 0.417. The van der Waals surface area contributed by atoms with Crippen molar-refractivity contribution in [3.8, 4) is 5.75 Å². The van der Waals surface area contributed by atoms with Gasteiger partial charge in [-0.25, -0.2) is 0 Å². The van der Waals surface area contributed by atoms with Crippen molar-refractivity contribution in [1.29, 1.82) is 0 Å². The third-order valence-electron chi connectivity index (χ3n) is 1.82. The predicted molar refractivity (Wildman–Crippen MR) is 56.7 cm³/mol. The lowest BCUT2D eigenvalue weighted by Crippen LogP contribution is -1.95. The van der Waals surface area contributed by atoms with Crippen molar-refractivity contribution in [3.63, 3.8) is 0 Å². The maximum Gasteiger partial charge on any atom is 0.142 e. The number of methoxy groups -OCH3 is 1. The predicted octanol–water partition coefficient (Wildman–Crippen LogP) is 2.25. The summed E-state index contributed by atoms with van der Waals surface area (Å²) in [5.74, 6) is 0.627. The smallest absolute Gasteiger partial charge is 0.142 e. The summed E-state index contributed by atoms with van der Waals surface area (Å²) in [4.78, 5) is 3.82. The van der Waals surface area contributed by atoms with Crippen LogP contribution in [0.3, 0.4) is 0 Å². The monoisotopic (exact) mass is 176 g/mol. The van der Waals surface area contributed by atoms with Crippen molar-refractivity contribution in [2.45, 2.75) is 0 Å². The minimum absolute atomic E-state index is 0.544. The Kier molecular flexibility index (Phi) is 2.69. The van der Waals surface area contributed by atoms with Crippen molar-refractivity contribution in [2.24, 2.45) is 4.99 Å². The Balaban J connectivity index is 3.39. The summed E-state index contributed by atoms with van der Waals surface area (Å²) in [7, 11) is 1.57. The van der Waals surface area contributed by atoms with E-state index in [4.69, 9.17) is 10.5 Å². The fourth-order valence-electron chi connectivity index (χ4n) is 1.14. The van der Waals surface area contributed by atoms with Crippen molar-refractivity contribution < 1.29 is 4.74 Å². The van der Waals surface area contributed by atoms with E-state index < -0.39 is 0 Å². The molecule has 0 radical (unpaired) electrons. The third kappa shape index (κ3) is 1.54. The molecule has 0 heterocycles. The van der Waals surface area contributed by atoms with Gasteiger partial charge in [0.2, 0.25) is 0 Å². The summed E-state index contributed by atoms with van der Waals surface area (Å²) in [5.41, 5.74) is 7.82. The second-order valence-electron chi connectivity index (χ2n) is 2.48. The SMILES string of the molecule is C=Cc1c(N=C)ccc(OC)c1N. The highest BCUT2D eigenvalue weighted by molar-refractivity contribution is 5.79. The zero-order valence-electron chi connectivity index (χ0n) is 7.58. The largest absolute Gasteiger partial charge is 0.495 e. The molecule has 1 rings (SSSR count). The van der Waals surface area contributed by atoms with Gasteiger partial charge in [0.05, 0.1) is 18.5 Å². The van der Waals surface area contributed by atoms with E-state index in [-0.39, 0.29) is 0 Å². The van der Waals surface area contributed by atoms with Gasteiger partial charge < -0.3 is 10.5 Å². The molecule has 68 valence electrons. The van der Waals surface area contributed by atoms with Crippen LogP contribution in [0, 0.1) is 0 Å². The fraction of sp³-hybridized carbons (Fsp3) is 0.100. The van der Waals surface area contributed by atoms with Crippen molar-refractivity contribution in [1.82, 2.24) is 0 Å². The van der Waals surface area contributed by atoms with E-state index in [1.165, 1.54) is 0 Å². The zero-order chi connectivity index (χ0) is 9.84. The molecule has 0 fully saturated rings. The molecule has 0 amide bonds. The number of nitrogen functional groups attached to an aromatic ring is 1. The number of ether oxygens (including phenoxy) is 1. The summed E-state index contributed by atoms with van der Waals surface area (Å²) < 4.78 is 5.05. The van der Waals surface area contributed by atoms with E-state index in [2.05, 4.69) is 18.3 Å². The van der Waals surface area contributed by atoms with Crippen LogP contribution in [0.1, 0.15) is 5.56 Å².